The van der Waals surface area contributed by atoms with E-state index in [4.69, 9.17) is 14.5 Å². The smallest absolute Gasteiger partial charge is 0.420 e. The summed E-state index contributed by atoms with van der Waals surface area (Å²) >= 11 is 0. The number of rotatable bonds is 12. The number of nitrogens with one attached hydrogen (secondary N) is 1. The van der Waals surface area contributed by atoms with Crippen LogP contribution in [0.4, 0.5) is 9.59 Å². The third-order valence-electron chi connectivity index (χ3n) is 7.58. The van der Waals surface area contributed by atoms with E-state index in [1.165, 1.54) is 40.1 Å². The predicted octanol–water partition coefficient (Wildman–Crippen LogP) is 4.24. The molecule has 3 aromatic rings. The van der Waals surface area contributed by atoms with Crippen molar-refractivity contribution in [3.63, 3.8) is 0 Å². The maximum Gasteiger partial charge on any atom is 0.420 e. The van der Waals surface area contributed by atoms with Crippen LogP contribution >= 0.6 is 0 Å². The van der Waals surface area contributed by atoms with Crippen LogP contribution in [0, 0.1) is 5.92 Å². The highest BCUT2D eigenvalue weighted by molar-refractivity contribution is 5.90. The molecule has 0 spiro atoms. The number of hydrogen-bond donors (Lipinski definition) is 1. The van der Waals surface area contributed by atoms with Gasteiger partial charge in [-0.3, -0.25) is 14.4 Å². The van der Waals surface area contributed by atoms with E-state index in [1.807, 2.05) is 18.2 Å². The van der Waals surface area contributed by atoms with Gasteiger partial charge in [-0.15, -0.1) is 0 Å². The lowest BCUT2D eigenvalue weighted by molar-refractivity contribution is -0.123. The zero-order valence-corrected chi connectivity index (χ0v) is 27.4. The Labute approximate surface area is 268 Å². The summed E-state index contributed by atoms with van der Waals surface area (Å²) in [5, 5.41) is 2.53. The minimum Gasteiger partial charge on any atom is -0.453 e. The number of nitrogens with zero attached hydrogens (tertiary/aromatic N) is 4. The molecular weight excluding hydrogens is 590 g/mol. The minimum absolute atomic E-state index is 0.0355. The number of hydrogen-bond acceptors (Lipinski definition) is 8. The van der Waals surface area contributed by atoms with Crippen molar-refractivity contribution in [2.75, 3.05) is 21.2 Å². The third kappa shape index (κ3) is 8.92. The number of ether oxygens (including phenoxy) is 2. The van der Waals surface area contributed by atoms with Crippen LogP contribution in [0.2, 0.25) is 0 Å². The number of methoxy groups -OCH3 is 1. The fourth-order valence-electron chi connectivity index (χ4n) is 5.04. The molecule has 2 aromatic heterocycles. The summed E-state index contributed by atoms with van der Waals surface area (Å²) in [5.41, 5.74) is 1.40. The predicted molar refractivity (Wildman–Crippen MR) is 173 cm³/mol. The first-order valence-corrected chi connectivity index (χ1v) is 15.4. The molecule has 2 amide bonds. The first-order valence-electron chi connectivity index (χ1n) is 15.4. The molecule has 1 aromatic carbocycles. The maximum absolute atomic E-state index is 13.6. The first-order chi connectivity index (χ1) is 21.8. The van der Waals surface area contributed by atoms with E-state index in [1.54, 1.807) is 59.3 Å². The number of amides is 2. The molecule has 12 heteroatoms. The van der Waals surface area contributed by atoms with Crippen LogP contribution in [0.15, 0.2) is 53.5 Å². The van der Waals surface area contributed by atoms with Crippen LogP contribution < -0.4 is 10.9 Å². The van der Waals surface area contributed by atoms with Crippen molar-refractivity contribution in [2.24, 2.45) is 5.92 Å². The Morgan fingerprint density at radius 2 is 1.83 bits per heavy atom. The molecule has 1 N–H and O–H groups in total. The van der Waals surface area contributed by atoms with Crippen molar-refractivity contribution in [3.8, 4) is 0 Å². The number of alkyl carbamates (subject to hydrolysis) is 1. The molecular formula is C34H43N5O7. The van der Waals surface area contributed by atoms with Crippen molar-refractivity contribution in [1.29, 1.82) is 0 Å². The first kappa shape index (κ1) is 34.1. The molecule has 1 aliphatic carbocycles. The van der Waals surface area contributed by atoms with E-state index >= 15 is 0 Å². The number of Topliss-reactive ketones (excluding diaryl/α,β-unsaturated/α-hetero) is 1. The third-order valence-corrected chi connectivity index (χ3v) is 7.58. The number of fused-ring (bicyclic) bond motifs is 1. The summed E-state index contributed by atoms with van der Waals surface area (Å²) in [6, 6.07) is 8.02. The molecule has 0 radical (unpaired) electrons. The molecule has 1 atom stereocenters. The van der Waals surface area contributed by atoms with E-state index < -0.39 is 35.2 Å². The van der Waals surface area contributed by atoms with Crippen molar-refractivity contribution < 1.29 is 28.7 Å². The number of likely N-dealkylation sites (N-methyl/N-ethyl adjacent to an activating group) is 1. The Bertz CT molecular complexity index is 1690. The highest BCUT2D eigenvalue weighted by atomic mass is 16.6. The van der Waals surface area contributed by atoms with Gasteiger partial charge in [-0.05, 0) is 82.6 Å². The van der Waals surface area contributed by atoms with E-state index in [-0.39, 0.29) is 30.9 Å². The van der Waals surface area contributed by atoms with Crippen LogP contribution in [0.5, 0.6) is 0 Å². The van der Waals surface area contributed by atoms with Gasteiger partial charge in [0.2, 0.25) is 5.91 Å². The van der Waals surface area contributed by atoms with Gasteiger partial charge >= 0.3 is 12.2 Å². The van der Waals surface area contributed by atoms with Crippen LogP contribution in [0.3, 0.4) is 0 Å². The molecule has 46 heavy (non-hydrogen) atoms. The lowest BCUT2D eigenvalue weighted by atomic mass is 10.0. The number of ketones is 1. The molecule has 1 aliphatic rings. The summed E-state index contributed by atoms with van der Waals surface area (Å²) < 4.78 is 13.2. The lowest BCUT2D eigenvalue weighted by Crippen LogP contribution is -2.42. The number of pyridine rings is 1. The van der Waals surface area contributed by atoms with Crippen LogP contribution in [-0.2, 0) is 38.4 Å². The number of aromatic nitrogens is 3. The Morgan fingerprint density at radius 3 is 2.48 bits per heavy atom. The Kier molecular flexibility index (Phi) is 10.8. The van der Waals surface area contributed by atoms with Gasteiger partial charge in [-0.25, -0.2) is 19.1 Å². The number of allylic oxidation sites excluding steroid dienone is 1. The Hall–Kier alpha value is -4.74. The van der Waals surface area contributed by atoms with E-state index in [9.17, 15) is 24.0 Å². The van der Waals surface area contributed by atoms with Gasteiger partial charge in [0.15, 0.2) is 5.78 Å². The molecule has 1 saturated carbocycles. The number of benzene rings is 1. The van der Waals surface area contributed by atoms with Gasteiger partial charge in [0.1, 0.15) is 11.4 Å². The number of para-hydroxylation sites is 1. The number of carbonyl (C=O) groups is 4. The average molecular weight is 634 g/mol. The van der Waals surface area contributed by atoms with Gasteiger partial charge in [0, 0.05) is 32.3 Å². The second kappa shape index (κ2) is 14.6. The minimum atomic E-state index is -0.944. The number of imidazole rings is 1. The summed E-state index contributed by atoms with van der Waals surface area (Å²) in [4.78, 5) is 70.5. The number of carbonyl (C=O) groups excluding carboxylic acids is 4. The van der Waals surface area contributed by atoms with Gasteiger partial charge in [0.05, 0.1) is 30.7 Å². The lowest BCUT2D eigenvalue weighted by Gasteiger charge is -2.20. The second-order valence-electron chi connectivity index (χ2n) is 12.8. The molecule has 4 rings (SSSR count). The zero-order chi connectivity index (χ0) is 33.6. The highest BCUT2D eigenvalue weighted by Gasteiger charge is 2.28. The second-order valence-corrected chi connectivity index (χ2v) is 12.8. The maximum atomic E-state index is 13.6. The molecule has 12 nitrogen and oxygen atoms in total. The van der Waals surface area contributed by atoms with Gasteiger partial charge < -0.3 is 24.3 Å². The van der Waals surface area contributed by atoms with Gasteiger partial charge in [-0.2, -0.15) is 0 Å². The Balaban J connectivity index is 1.61. The van der Waals surface area contributed by atoms with Crippen molar-refractivity contribution in [3.05, 3.63) is 76.0 Å². The quantitative estimate of drug-likeness (QED) is 0.292. The van der Waals surface area contributed by atoms with Crippen LogP contribution in [0.25, 0.3) is 11.0 Å². The Morgan fingerprint density at radius 1 is 1.11 bits per heavy atom. The summed E-state index contributed by atoms with van der Waals surface area (Å²) in [6.07, 6.45) is 6.73. The average Bonchev–Trinajstić information content (AvgIpc) is 3.72. The van der Waals surface area contributed by atoms with Crippen LogP contribution in [0.1, 0.15) is 63.4 Å². The topological polar surface area (TPSA) is 142 Å². The van der Waals surface area contributed by atoms with E-state index in [0.29, 0.717) is 29.2 Å². The van der Waals surface area contributed by atoms with E-state index in [0.717, 1.165) is 12.0 Å². The van der Waals surface area contributed by atoms with Gasteiger partial charge in [-0.1, -0.05) is 24.3 Å². The molecule has 246 valence electrons. The normalized spacial score (nSPS) is 13.9. The molecule has 1 fully saturated rings. The van der Waals surface area contributed by atoms with Crippen molar-refractivity contribution in [2.45, 2.75) is 77.5 Å². The standard InChI is InChI=1S/C34H43N5O7/c1-34(2,3)46-33(44)39-26-14-9-11-23(19-22-16-17-22)30(26)36-28(39)21-38-18-10-12-24(31(38)42)20-27(40)25(35-32(43)45-6)13-7-8-15-29(41)37(4)5/h8-12,14-15,18,22,25H,7,13,16-17,19-21H2,1-6H3,(H,35,43)/b15-8+/t25-/m0/s1. The summed E-state index contributed by atoms with van der Waals surface area (Å²) in [7, 11) is 4.45. The monoisotopic (exact) mass is 633 g/mol. The van der Waals surface area contributed by atoms with Crippen molar-refractivity contribution in [1.82, 2.24) is 24.3 Å². The van der Waals surface area contributed by atoms with Crippen LogP contribution in [-0.4, -0.2) is 75.7 Å². The molecule has 0 bridgehead atoms. The zero-order valence-electron chi connectivity index (χ0n) is 27.4. The SMILES string of the molecule is COC(=O)N[C@@H](CC/C=C/C(=O)N(C)C)C(=O)Cc1cccn(Cc2nc3c(CC4CC4)cccc3n2C(=O)OC(C)(C)C)c1=O. The summed E-state index contributed by atoms with van der Waals surface area (Å²) in [6.45, 7) is 5.33. The summed E-state index contributed by atoms with van der Waals surface area (Å²) in [5.74, 6) is 0.347. The van der Waals surface area contributed by atoms with Crippen molar-refractivity contribution >= 4 is 34.9 Å². The van der Waals surface area contributed by atoms with E-state index in [2.05, 4.69) is 5.32 Å². The fraction of sp³-hybridized carbons (Fsp3) is 0.471. The molecule has 2 heterocycles. The molecule has 0 unspecified atom stereocenters. The largest absolute Gasteiger partial charge is 0.453 e. The van der Waals surface area contributed by atoms with Gasteiger partial charge in [0.25, 0.3) is 5.56 Å². The fourth-order valence-corrected chi connectivity index (χ4v) is 5.04. The molecule has 0 aliphatic heterocycles. The highest BCUT2D eigenvalue weighted by Crippen LogP contribution is 2.34. The molecule has 0 saturated heterocycles.